The molecule has 2 N–H and O–H groups in total. The Morgan fingerprint density at radius 1 is 1.18 bits per heavy atom. The Hall–Kier alpha value is -2.89. The van der Waals surface area contributed by atoms with Crippen LogP contribution in [0.5, 0.6) is 5.75 Å². The van der Waals surface area contributed by atoms with Crippen molar-refractivity contribution in [2.75, 3.05) is 12.8 Å². The van der Waals surface area contributed by atoms with E-state index in [1.54, 1.807) is 23.0 Å². The number of hydrogen-bond acceptors (Lipinski definition) is 4. The first-order valence-electron chi connectivity index (χ1n) is 6.71. The standard InChI is InChI=1S/C16H15FN4O/c1-10-3-5-12(18)8-15(10)21-9-14(19-20-21)11-4-6-16(22-2)13(17)7-11/h3-9H,18H2,1-2H3. The number of hydrogen-bond donors (Lipinski definition) is 1. The number of aryl methyl sites for hydroxylation is 1. The minimum absolute atomic E-state index is 0.197. The summed E-state index contributed by atoms with van der Waals surface area (Å²) in [6, 6.07) is 10.2. The van der Waals surface area contributed by atoms with Crippen molar-refractivity contribution in [1.82, 2.24) is 15.0 Å². The number of methoxy groups -OCH3 is 1. The van der Waals surface area contributed by atoms with E-state index in [2.05, 4.69) is 10.3 Å². The zero-order valence-corrected chi connectivity index (χ0v) is 12.2. The highest BCUT2D eigenvalue weighted by Gasteiger charge is 2.10. The first kappa shape index (κ1) is 14.1. The summed E-state index contributed by atoms with van der Waals surface area (Å²) in [6.45, 7) is 1.96. The summed E-state index contributed by atoms with van der Waals surface area (Å²) in [7, 11) is 1.43. The molecule has 3 aromatic rings. The lowest BCUT2D eigenvalue weighted by atomic mass is 10.1. The zero-order valence-electron chi connectivity index (χ0n) is 12.2. The molecule has 0 saturated carbocycles. The summed E-state index contributed by atoms with van der Waals surface area (Å²) >= 11 is 0. The molecule has 0 radical (unpaired) electrons. The average molecular weight is 298 g/mol. The maximum absolute atomic E-state index is 13.8. The minimum atomic E-state index is -0.435. The van der Waals surface area contributed by atoms with Crippen molar-refractivity contribution < 1.29 is 9.13 Å². The molecule has 0 bridgehead atoms. The Labute approximate surface area is 127 Å². The molecule has 1 heterocycles. The third-order valence-electron chi connectivity index (χ3n) is 3.42. The van der Waals surface area contributed by atoms with Gasteiger partial charge < -0.3 is 10.5 Å². The van der Waals surface area contributed by atoms with Gasteiger partial charge in [0.1, 0.15) is 5.69 Å². The fraction of sp³-hybridized carbons (Fsp3) is 0.125. The van der Waals surface area contributed by atoms with E-state index in [-0.39, 0.29) is 5.75 Å². The van der Waals surface area contributed by atoms with Crippen LogP contribution in [0.1, 0.15) is 5.56 Å². The molecule has 5 nitrogen and oxygen atoms in total. The molecule has 2 aromatic carbocycles. The summed E-state index contributed by atoms with van der Waals surface area (Å²) in [5.41, 5.74) is 9.52. The van der Waals surface area contributed by atoms with Crippen LogP contribution in [-0.2, 0) is 0 Å². The molecular formula is C16H15FN4O. The predicted molar refractivity (Wildman–Crippen MR) is 82.5 cm³/mol. The van der Waals surface area contributed by atoms with Gasteiger partial charge in [-0.05, 0) is 42.8 Å². The van der Waals surface area contributed by atoms with Crippen LogP contribution in [-0.4, -0.2) is 22.1 Å². The van der Waals surface area contributed by atoms with Gasteiger partial charge in [-0.1, -0.05) is 11.3 Å². The van der Waals surface area contributed by atoms with Crippen molar-refractivity contribution in [3.05, 3.63) is 54.0 Å². The summed E-state index contributed by atoms with van der Waals surface area (Å²) in [4.78, 5) is 0. The SMILES string of the molecule is COc1ccc(-c2cn(-c3cc(N)ccc3C)nn2)cc1F. The maximum atomic E-state index is 13.8. The van der Waals surface area contributed by atoms with Crippen LogP contribution in [0.15, 0.2) is 42.6 Å². The van der Waals surface area contributed by atoms with Crippen LogP contribution in [0.2, 0.25) is 0 Å². The number of halogens is 1. The number of ether oxygens (including phenoxy) is 1. The van der Waals surface area contributed by atoms with Gasteiger partial charge in [0, 0.05) is 11.3 Å². The lowest BCUT2D eigenvalue weighted by Crippen LogP contribution is -1.99. The molecule has 0 fully saturated rings. The van der Waals surface area contributed by atoms with Crippen LogP contribution in [0.25, 0.3) is 16.9 Å². The molecule has 112 valence electrons. The van der Waals surface area contributed by atoms with E-state index >= 15 is 0 Å². The topological polar surface area (TPSA) is 66.0 Å². The smallest absolute Gasteiger partial charge is 0.165 e. The molecule has 0 aliphatic rings. The van der Waals surface area contributed by atoms with Gasteiger partial charge in [0.15, 0.2) is 11.6 Å². The molecule has 0 aliphatic heterocycles. The fourth-order valence-electron chi connectivity index (χ4n) is 2.21. The van der Waals surface area contributed by atoms with E-state index in [0.717, 1.165) is 11.3 Å². The van der Waals surface area contributed by atoms with E-state index in [4.69, 9.17) is 10.5 Å². The number of benzene rings is 2. The van der Waals surface area contributed by atoms with Gasteiger partial charge in [0.05, 0.1) is 19.0 Å². The molecule has 0 unspecified atom stereocenters. The van der Waals surface area contributed by atoms with Gasteiger partial charge in [-0.15, -0.1) is 5.10 Å². The molecule has 6 heteroatoms. The van der Waals surface area contributed by atoms with Crippen molar-refractivity contribution in [3.63, 3.8) is 0 Å². The van der Waals surface area contributed by atoms with Crippen LogP contribution >= 0.6 is 0 Å². The second-order valence-electron chi connectivity index (χ2n) is 4.94. The summed E-state index contributed by atoms with van der Waals surface area (Å²) in [5, 5.41) is 8.19. The minimum Gasteiger partial charge on any atom is -0.494 e. The van der Waals surface area contributed by atoms with Crippen molar-refractivity contribution in [1.29, 1.82) is 0 Å². The van der Waals surface area contributed by atoms with E-state index in [0.29, 0.717) is 16.9 Å². The molecule has 0 aliphatic carbocycles. The second-order valence-corrected chi connectivity index (χ2v) is 4.94. The summed E-state index contributed by atoms with van der Waals surface area (Å²) in [5.74, 6) is -0.238. The Morgan fingerprint density at radius 3 is 2.73 bits per heavy atom. The van der Waals surface area contributed by atoms with Gasteiger partial charge >= 0.3 is 0 Å². The number of nitrogens with two attached hydrogens (primary N) is 1. The summed E-state index contributed by atoms with van der Waals surface area (Å²) < 4.78 is 20.3. The number of aromatic nitrogens is 3. The quantitative estimate of drug-likeness (QED) is 0.755. The Bertz CT molecular complexity index is 829. The summed E-state index contributed by atoms with van der Waals surface area (Å²) in [6.07, 6.45) is 1.74. The van der Waals surface area contributed by atoms with Crippen LogP contribution in [0, 0.1) is 12.7 Å². The Kier molecular flexibility index (Phi) is 3.50. The maximum Gasteiger partial charge on any atom is 0.165 e. The average Bonchev–Trinajstić information content (AvgIpc) is 2.99. The molecule has 22 heavy (non-hydrogen) atoms. The van der Waals surface area contributed by atoms with Crippen molar-refractivity contribution in [2.45, 2.75) is 6.92 Å². The van der Waals surface area contributed by atoms with Crippen molar-refractivity contribution >= 4 is 5.69 Å². The fourth-order valence-corrected chi connectivity index (χ4v) is 2.21. The highest BCUT2D eigenvalue weighted by atomic mass is 19.1. The van der Waals surface area contributed by atoms with Gasteiger partial charge in [-0.2, -0.15) is 0 Å². The van der Waals surface area contributed by atoms with Crippen LogP contribution < -0.4 is 10.5 Å². The van der Waals surface area contributed by atoms with E-state index < -0.39 is 5.82 Å². The normalized spacial score (nSPS) is 10.7. The van der Waals surface area contributed by atoms with Crippen LogP contribution in [0.3, 0.4) is 0 Å². The molecule has 0 amide bonds. The highest BCUT2D eigenvalue weighted by Crippen LogP contribution is 2.25. The van der Waals surface area contributed by atoms with Gasteiger partial charge in [0.2, 0.25) is 0 Å². The van der Waals surface area contributed by atoms with E-state index in [1.807, 2.05) is 25.1 Å². The number of anilines is 1. The second kappa shape index (κ2) is 5.48. The zero-order chi connectivity index (χ0) is 15.7. The number of nitrogen functional groups attached to an aromatic ring is 1. The Morgan fingerprint density at radius 2 is 2.00 bits per heavy atom. The Balaban J connectivity index is 2.00. The predicted octanol–water partition coefficient (Wildman–Crippen LogP) is 2.97. The largest absolute Gasteiger partial charge is 0.494 e. The molecule has 0 saturated heterocycles. The third-order valence-corrected chi connectivity index (χ3v) is 3.42. The van der Waals surface area contributed by atoms with E-state index in [9.17, 15) is 4.39 Å². The lowest BCUT2D eigenvalue weighted by molar-refractivity contribution is 0.386. The lowest BCUT2D eigenvalue weighted by Gasteiger charge is -2.05. The first-order valence-corrected chi connectivity index (χ1v) is 6.71. The van der Waals surface area contributed by atoms with Crippen molar-refractivity contribution in [3.8, 4) is 22.7 Å². The third kappa shape index (κ3) is 2.50. The molecule has 0 spiro atoms. The molecule has 1 aromatic heterocycles. The molecular weight excluding hydrogens is 283 g/mol. The van der Waals surface area contributed by atoms with Crippen molar-refractivity contribution in [2.24, 2.45) is 0 Å². The first-order chi connectivity index (χ1) is 10.6. The van der Waals surface area contributed by atoms with Crippen LogP contribution in [0.4, 0.5) is 10.1 Å². The van der Waals surface area contributed by atoms with Gasteiger partial charge in [-0.25, -0.2) is 9.07 Å². The monoisotopic (exact) mass is 298 g/mol. The molecule has 3 rings (SSSR count). The van der Waals surface area contributed by atoms with E-state index in [1.165, 1.54) is 13.2 Å². The highest BCUT2D eigenvalue weighted by molar-refractivity contribution is 5.60. The number of nitrogens with zero attached hydrogens (tertiary/aromatic N) is 3. The number of rotatable bonds is 3. The molecule has 0 atom stereocenters. The van der Waals surface area contributed by atoms with Gasteiger partial charge in [0.25, 0.3) is 0 Å². The van der Waals surface area contributed by atoms with Gasteiger partial charge in [-0.3, -0.25) is 0 Å².